The molecule has 0 spiro atoms. The minimum atomic E-state index is -0.543. The first-order valence-electron chi connectivity index (χ1n) is 5.90. The van der Waals surface area contributed by atoms with E-state index in [0.717, 1.165) is 27.4 Å². The summed E-state index contributed by atoms with van der Waals surface area (Å²) >= 11 is 0. The zero-order valence-electron chi connectivity index (χ0n) is 10.1. The van der Waals surface area contributed by atoms with Crippen molar-refractivity contribution >= 4 is 33.8 Å². The molecule has 0 unspecified atom stereocenters. The van der Waals surface area contributed by atoms with E-state index in [-0.39, 0.29) is 0 Å². The first-order valence-corrected chi connectivity index (χ1v) is 5.90. The van der Waals surface area contributed by atoms with Crippen LogP contribution < -0.4 is 5.48 Å². The van der Waals surface area contributed by atoms with Crippen molar-refractivity contribution in [3.8, 4) is 0 Å². The number of rotatable bonds is 2. The molecule has 0 fully saturated rings. The minimum absolute atomic E-state index is 0.543. The smallest absolute Gasteiger partial charge is 0.267 e. The number of fused-ring (bicyclic) bond motifs is 3. The number of amides is 1. The molecule has 0 radical (unpaired) electrons. The Kier molecular flexibility index (Phi) is 2.78. The van der Waals surface area contributed by atoms with Crippen LogP contribution >= 0.6 is 0 Å². The molecule has 1 aromatic heterocycles. The predicted molar refractivity (Wildman–Crippen MR) is 74.8 cm³/mol. The van der Waals surface area contributed by atoms with E-state index in [1.165, 1.54) is 6.08 Å². The van der Waals surface area contributed by atoms with Crippen LogP contribution in [0.15, 0.2) is 48.5 Å². The number of para-hydroxylation sites is 1. The molecule has 0 atom stereocenters. The Morgan fingerprint density at radius 1 is 1.11 bits per heavy atom. The van der Waals surface area contributed by atoms with E-state index in [1.807, 2.05) is 36.4 Å². The lowest BCUT2D eigenvalue weighted by molar-refractivity contribution is -0.124. The molecule has 0 saturated carbocycles. The summed E-state index contributed by atoms with van der Waals surface area (Å²) in [5.41, 5.74) is 4.62. The monoisotopic (exact) mass is 252 g/mol. The van der Waals surface area contributed by atoms with Gasteiger partial charge in [0.25, 0.3) is 5.91 Å². The van der Waals surface area contributed by atoms with Gasteiger partial charge in [-0.1, -0.05) is 24.3 Å². The summed E-state index contributed by atoms with van der Waals surface area (Å²) in [4.78, 5) is 14.3. The Morgan fingerprint density at radius 2 is 1.89 bits per heavy atom. The molecule has 19 heavy (non-hydrogen) atoms. The quantitative estimate of drug-likeness (QED) is 0.373. The topological polar surface area (TPSA) is 65.1 Å². The van der Waals surface area contributed by atoms with Crippen molar-refractivity contribution in [3.05, 3.63) is 54.1 Å². The number of H-pyrrole nitrogens is 1. The first kappa shape index (κ1) is 11.5. The minimum Gasteiger partial charge on any atom is -0.355 e. The molecule has 0 aliphatic heterocycles. The van der Waals surface area contributed by atoms with Gasteiger partial charge < -0.3 is 4.98 Å². The van der Waals surface area contributed by atoms with Gasteiger partial charge in [-0.3, -0.25) is 10.0 Å². The molecule has 3 N–H and O–H groups in total. The van der Waals surface area contributed by atoms with Gasteiger partial charge in [-0.25, -0.2) is 5.48 Å². The number of carbonyl (C=O) groups is 1. The molecule has 0 aliphatic rings. The van der Waals surface area contributed by atoms with Gasteiger partial charge in [-0.05, 0) is 29.8 Å². The molecule has 0 bridgehead atoms. The maximum Gasteiger partial charge on any atom is 0.267 e. The lowest BCUT2D eigenvalue weighted by Gasteiger charge is -1.95. The highest BCUT2D eigenvalue weighted by atomic mass is 16.5. The van der Waals surface area contributed by atoms with Crippen molar-refractivity contribution in [2.45, 2.75) is 0 Å². The van der Waals surface area contributed by atoms with Crippen molar-refractivity contribution < 1.29 is 10.0 Å². The third kappa shape index (κ3) is 2.09. The molecule has 1 amide bonds. The third-order valence-corrected chi connectivity index (χ3v) is 3.07. The van der Waals surface area contributed by atoms with Crippen LogP contribution in [-0.2, 0) is 4.79 Å². The highest BCUT2D eigenvalue weighted by molar-refractivity contribution is 6.07. The zero-order valence-corrected chi connectivity index (χ0v) is 10.1. The van der Waals surface area contributed by atoms with E-state index < -0.39 is 5.91 Å². The normalized spacial score (nSPS) is 11.4. The largest absolute Gasteiger partial charge is 0.355 e. The van der Waals surface area contributed by atoms with Crippen LogP contribution in [0.2, 0.25) is 0 Å². The van der Waals surface area contributed by atoms with E-state index in [0.29, 0.717) is 0 Å². The number of aromatic amines is 1. The number of benzene rings is 2. The SMILES string of the molecule is O=C(/C=C/c1ccc2[nH]c3ccccc3c2c1)NO. The van der Waals surface area contributed by atoms with Gasteiger partial charge in [0.05, 0.1) is 0 Å². The molecule has 4 nitrogen and oxygen atoms in total. The van der Waals surface area contributed by atoms with E-state index >= 15 is 0 Å². The van der Waals surface area contributed by atoms with E-state index in [2.05, 4.69) is 11.1 Å². The van der Waals surface area contributed by atoms with E-state index in [1.54, 1.807) is 11.6 Å². The Morgan fingerprint density at radius 3 is 2.74 bits per heavy atom. The zero-order chi connectivity index (χ0) is 13.2. The average Bonchev–Trinajstić information content (AvgIpc) is 2.82. The third-order valence-electron chi connectivity index (χ3n) is 3.07. The second kappa shape index (κ2) is 4.59. The fraction of sp³-hybridized carbons (Fsp3) is 0. The van der Waals surface area contributed by atoms with E-state index in [4.69, 9.17) is 5.21 Å². The second-order valence-electron chi connectivity index (χ2n) is 4.28. The van der Waals surface area contributed by atoms with Crippen LogP contribution in [-0.4, -0.2) is 16.1 Å². The van der Waals surface area contributed by atoms with Gasteiger partial charge >= 0.3 is 0 Å². The summed E-state index contributed by atoms with van der Waals surface area (Å²) in [5, 5.41) is 10.7. The lowest BCUT2D eigenvalue weighted by Crippen LogP contribution is -2.14. The van der Waals surface area contributed by atoms with Crippen molar-refractivity contribution in [1.82, 2.24) is 10.5 Å². The van der Waals surface area contributed by atoms with Crippen LogP contribution in [0, 0.1) is 0 Å². The summed E-state index contributed by atoms with van der Waals surface area (Å²) < 4.78 is 0. The number of hydrogen-bond acceptors (Lipinski definition) is 2. The standard InChI is InChI=1S/C15H12N2O2/c18-15(17-19)8-6-10-5-7-14-12(9-10)11-3-1-2-4-13(11)16-14/h1-9,16,19H,(H,17,18)/b8-6+. The fourth-order valence-electron chi connectivity index (χ4n) is 2.18. The Hall–Kier alpha value is -2.59. The molecular formula is C15H12N2O2. The number of hydrogen-bond donors (Lipinski definition) is 3. The number of nitrogens with one attached hydrogen (secondary N) is 2. The summed E-state index contributed by atoms with van der Waals surface area (Å²) in [5.74, 6) is -0.543. The van der Waals surface area contributed by atoms with Crippen LogP contribution in [0.25, 0.3) is 27.9 Å². The van der Waals surface area contributed by atoms with Crippen molar-refractivity contribution in [3.63, 3.8) is 0 Å². The summed E-state index contributed by atoms with van der Waals surface area (Å²) in [7, 11) is 0. The summed E-state index contributed by atoms with van der Waals surface area (Å²) in [6.45, 7) is 0. The Balaban J connectivity index is 2.11. The predicted octanol–water partition coefficient (Wildman–Crippen LogP) is 2.84. The molecule has 2 aromatic carbocycles. The maximum absolute atomic E-state index is 11.0. The highest BCUT2D eigenvalue weighted by Crippen LogP contribution is 2.26. The molecule has 3 aromatic rings. The number of carbonyl (C=O) groups excluding carboxylic acids is 1. The highest BCUT2D eigenvalue weighted by Gasteiger charge is 2.03. The number of aromatic nitrogens is 1. The summed E-state index contributed by atoms with van der Waals surface area (Å²) in [6.07, 6.45) is 2.95. The molecule has 3 rings (SSSR count). The Labute approximate surface area is 109 Å². The van der Waals surface area contributed by atoms with Crippen LogP contribution in [0.1, 0.15) is 5.56 Å². The van der Waals surface area contributed by atoms with Gasteiger partial charge in [0, 0.05) is 27.9 Å². The first-order chi connectivity index (χ1) is 9.28. The lowest BCUT2D eigenvalue weighted by atomic mass is 10.1. The van der Waals surface area contributed by atoms with Gasteiger partial charge in [0.1, 0.15) is 0 Å². The van der Waals surface area contributed by atoms with Gasteiger partial charge in [-0.2, -0.15) is 0 Å². The van der Waals surface area contributed by atoms with Gasteiger partial charge in [0.15, 0.2) is 0 Å². The van der Waals surface area contributed by atoms with Crippen LogP contribution in [0.4, 0.5) is 0 Å². The van der Waals surface area contributed by atoms with Crippen molar-refractivity contribution in [2.24, 2.45) is 0 Å². The summed E-state index contributed by atoms with van der Waals surface area (Å²) in [6, 6.07) is 14.0. The fourth-order valence-corrected chi connectivity index (χ4v) is 2.18. The molecule has 94 valence electrons. The molecule has 1 heterocycles. The average molecular weight is 252 g/mol. The molecule has 0 aliphatic carbocycles. The maximum atomic E-state index is 11.0. The van der Waals surface area contributed by atoms with Gasteiger partial charge in [-0.15, -0.1) is 0 Å². The van der Waals surface area contributed by atoms with Gasteiger partial charge in [0.2, 0.25) is 0 Å². The molecule has 0 saturated heterocycles. The van der Waals surface area contributed by atoms with Crippen LogP contribution in [0.3, 0.4) is 0 Å². The molecular weight excluding hydrogens is 240 g/mol. The molecule has 4 heteroatoms. The van der Waals surface area contributed by atoms with Crippen molar-refractivity contribution in [1.29, 1.82) is 0 Å². The Bertz CT molecular complexity index is 787. The van der Waals surface area contributed by atoms with Crippen LogP contribution in [0.5, 0.6) is 0 Å². The number of hydroxylamine groups is 1. The second-order valence-corrected chi connectivity index (χ2v) is 4.28. The van der Waals surface area contributed by atoms with Crippen molar-refractivity contribution in [2.75, 3.05) is 0 Å². The van der Waals surface area contributed by atoms with E-state index in [9.17, 15) is 4.79 Å².